The molecule has 5 heteroatoms. The molecule has 0 bridgehead atoms. The van der Waals surface area contributed by atoms with Gasteiger partial charge >= 0.3 is 0 Å². The number of hydrogen-bond donors (Lipinski definition) is 1. The summed E-state index contributed by atoms with van der Waals surface area (Å²) >= 11 is 0. The van der Waals surface area contributed by atoms with Gasteiger partial charge in [-0.1, -0.05) is 6.92 Å². The number of aromatic nitrogens is 3. The van der Waals surface area contributed by atoms with Gasteiger partial charge < -0.3 is 10.1 Å². The summed E-state index contributed by atoms with van der Waals surface area (Å²) in [6.45, 7) is 11.8. The fourth-order valence-corrected chi connectivity index (χ4v) is 2.25. The van der Waals surface area contributed by atoms with Crippen molar-refractivity contribution in [1.82, 2.24) is 14.6 Å². The van der Waals surface area contributed by atoms with Crippen molar-refractivity contribution in [2.75, 3.05) is 18.5 Å². The minimum Gasteiger partial charge on any atom is -0.377 e. The van der Waals surface area contributed by atoms with E-state index in [2.05, 4.69) is 29.2 Å². The third-order valence-electron chi connectivity index (χ3n) is 3.55. The fraction of sp³-hybridized carbons (Fsp3) is 0.600. The van der Waals surface area contributed by atoms with E-state index >= 15 is 0 Å². The number of hydrogen-bond acceptors (Lipinski definition) is 4. The highest BCUT2D eigenvalue weighted by molar-refractivity contribution is 5.55. The SMILES string of the molecule is CCO[C@@H](CC)CNc1cc(C)nc2c(C)c(C)nn12. The van der Waals surface area contributed by atoms with Crippen molar-refractivity contribution in [2.24, 2.45) is 0 Å². The minimum absolute atomic E-state index is 0.223. The number of ether oxygens (including phenoxy) is 1. The molecule has 0 aliphatic carbocycles. The molecule has 2 aromatic heterocycles. The van der Waals surface area contributed by atoms with Gasteiger partial charge in [0.25, 0.3) is 0 Å². The third kappa shape index (κ3) is 2.93. The Balaban J connectivity index is 2.27. The first-order valence-corrected chi connectivity index (χ1v) is 7.25. The number of nitrogens with zero attached hydrogens (tertiary/aromatic N) is 3. The van der Waals surface area contributed by atoms with E-state index in [1.807, 2.05) is 31.4 Å². The van der Waals surface area contributed by atoms with E-state index < -0.39 is 0 Å². The van der Waals surface area contributed by atoms with E-state index in [-0.39, 0.29) is 6.10 Å². The second kappa shape index (κ2) is 6.22. The van der Waals surface area contributed by atoms with E-state index in [9.17, 15) is 0 Å². The van der Waals surface area contributed by atoms with Crippen LogP contribution in [0, 0.1) is 20.8 Å². The lowest BCUT2D eigenvalue weighted by molar-refractivity contribution is 0.0694. The second-order valence-corrected chi connectivity index (χ2v) is 5.10. The minimum atomic E-state index is 0.223. The number of aryl methyl sites for hydroxylation is 3. The van der Waals surface area contributed by atoms with E-state index in [0.717, 1.165) is 48.0 Å². The van der Waals surface area contributed by atoms with Crippen LogP contribution in [0.4, 0.5) is 5.82 Å². The Morgan fingerprint density at radius 1 is 1.30 bits per heavy atom. The Bertz CT molecular complexity index is 591. The summed E-state index contributed by atoms with van der Waals surface area (Å²) in [5, 5.41) is 7.99. The van der Waals surface area contributed by atoms with Crippen LogP contribution in [0.2, 0.25) is 0 Å². The van der Waals surface area contributed by atoms with E-state index in [0.29, 0.717) is 0 Å². The molecule has 5 nitrogen and oxygen atoms in total. The fourth-order valence-electron chi connectivity index (χ4n) is 2.25. The van der Waals surface area contributed by atoms with Gasteiger partial charge in [0.2, 0.25) is 0 Å². The quantitative estimate of drug-likeness (QED) is 0.881. The summed E-state index contributed by atoms with van der Waals surface area (Å²) in [6, 6.07) is 2.03. The molecule has 0 unspecified atom stereocenters. The van der Waals surface area contributed by atoms with Crippen molar-refractivity contribution in [2.45, 2.75) is 47.1 Å². The first-order valence-electron chi connectivity index (χ1n) is 7.25. The van der Waals surface area contributed by atoms with Crippen LogP contribution in [-0.2, 0) is 4.74 Å². The van der Waals surface area contributed by atoms with Crippen LogP contribution in [0.15, 0.2) is 6.07 Å². The highest BCUT2D eigenvalue weighted by Crippen LogP contribution is 2.18. The normalized spacial score (nSPS) is 12.8. The predicted octanol–water partition coefficient (Wildman–Crippen LogP) is 2.88. The lowest BCUT2D eigenvalue weighted by atomic mass is 10.2. The summed E-state index contributed by atoms with van der Waals surface area (Å²) in [6.07, 6.45) is 1.21. The monoisotopic (exact) mass is 276 g/mol. The maximum absolute atomic E-state index is 5.68. The molecule has 0 aromatic carbocycles. The Morgan fingerprint density at radius 2 is 2.05 bits per heavy atom. The van der Waals surface area contributed by atoms with Crippen LogP contribution in [0.25, 0.3) is 5.65 Å². The first-order chi connectivity index (χ1) is 9.56. The molecule has 0 spiro atoms. The first kappa shape index (κ1) is 14.8. The highest BCUT2D eigenvalue weighted by atomic mass is 16.5. The average molecular weight is 276 g/mol. The molecule has 2 rings (SSSR count). The standard InChI is InChI=1S/C15H24N4O/c1-6-13(20-7-2)9-16-14-8-10(3)17-15-11(4)12(5)18-19(14)15/h8,13,16H,6-7,9H2,1-5H3/t13-/m0/s1. The molecule has 0 aliphatic heterocycles. The van der Waals surface area contributed by atoms with E-state index in [4.69, 9.17) is 4.74 Å². The molecule has 0 saturated carbocycles. The summed E-state index contributed by atoms with van der Waals surface area (Å²) in [7, 11) is 0. The van der Waals surface area contributed by atoms with Crippen LogP contribution in [-0.4, -0.2) is 33.9 Å². The molecule has 1 atom stereocenters. The topological polar surface area (TPSA) is 51.5 Å². The largest absolute Gasteiger partial charge is 0.377 e. The zero-order valence-corrected chi connectivity index (χ0v) is 13.0. The second-order valence-electron chi connectivity index (χ2n) is 5.10. The average Bonchev–Trinajstić information content (AvgIpc) is 2.71. The Kier molecular flexibility index (Phi) is 4.60. The molecule has 0 saturated heterocycles. The Morgan fingerprint density at radius 3 is 2.70 bits per heavy atom. The van der Waals surface area contributed by atoms with Crippen molar-refractivity contribution in [3.8, 4) is 0 Å². The van der Waals surface area contributed by atoms with Gasteiger partial charge in [0.05, 0.1) is 11.8 Å². The predicted molar refractivity (Wildman–Crippen MR) is 81.4 cm³/mol. The third-order valence-corrected chi connectivity index (χ3v) is 3.55. The van der Waals surface area contributed by atoms with Gasteiger partial charge in [0, 0.05) is 30.5 Å². The molecule has 2 aromatic rings. The molecule has 0 fully saturated rings. The maximum Gasteiger partial charge on any atom is 0.160 e. The van der Waals surface area contributed by atoms with Crippen molar-refractivity contribution in [1.29, 1.82) is 0 Å². The molecule has 0 amide bonds. The van der Waals surface area contributed by atoms with Gasteiger partial charge in [-0.25, -0.2) is 4.98 Å². The highest BCUT2D eigenvalue weighted by Gasteiger charge is 2.12. The van der Waals surface area contributed by atoms with Crippen molar-refractivity contribution in [3.63, 3.8) is 0 Å². The molecular formula is C15H24N4O. The maximum atomic E-state index is 5.68. The lowest BCUT2D eigenvalue weighted by Gasteiger charge is -2.17. The number of nitrogens with one attached hydrogen (secondary N) is 1. The molecular weight excluding hydrogens is 252 g/mol. The molecule has 1 N–H and O–H groups in total. The number of anilines is 1. The van der Waals surface area contributed by atoms with Crippen molar-refractivity contribution in [3.05, 3.63) is 23.0 Å². The zero-order chi connectivity index (χ0) is 14.7. The van der Waals surface area contributed by atoms with Crippen molar-refractivity contribution >= 4 is 11.5 Å². The van der Waals surface area contributed by atoms with Crippen LogP contribution >= 0.6 is 0 Å². The molecule has 2 heterocycles. The molecule has 20 heavy (non-hydrogen) atoms. The molecule has 110 valence electrons. The van der Waals surface area contributed by atoms with Gasteiger partial charge in [-0.05, 0) is 34.1 Å². The van der Waals surface area contributed by atoms with Crippen LogP contribution in [0.5, 0.6) is 0 Å². The van der Waals surface area contributed by atoms with Gasteiger partial charge in [-0.3, -0.25) is 0 Å². The van der Waals surface area contributed by atoms with Gasteiger partial charge in [-0.2, -0.15) is 9.61 Å². The van der Waals surface area contributed by atoms with E-state index in [1.165, 1.54) is 0 Å². The lowest BCUT2D eigenvalue weighted by Crippen LogP contribution is -2.23. The number of fused-ring (bicyclic) bond motifs is 1. The summed E-state index contributed by atoms with van der Waals surface area (Å²) < 4.78 is 7.56. The van der Waals surface area contributed by atoms with Gasteiger partial charge in [0.1, 0.15) is 5.82 Å². The van der Waals surface area contributed by atoms with Crippen LogP contribution in [0.3, 0.4) is 0 Å². The number of rotatable bonds is 6. The Hall–Kier alpha value is -1.62. The smallest absolute Gasteiger partial charge is 0.160 e. The van der Waals surface area contributed by atoms with Gasteiger partial charge in [-0.15, -0.1) is 0 Å². The molecule has 0 aliphatic rings. The van der Waals surface area contributed by atoms with Crippen LogP contribution in [0.1, 0.15) is 37.2 Å². The summed E-state index contributed by atoms with van der Waals surface area (Å²) in [5.74, 6) is 0.974. The van der Waals surface area contributed by atoms with Crippen LogP contribution < -0.4 is 5.32 Å². The van der Waals surface area contributed by atoms with Gasteiger partial charge in [0.15, 0.2) is 5.65 Å². The van der Waals surface area contributed by atoms with E-state index in [1.54, 1.807) is 0 Å². The van der Waals surface area contributed by atoms with Crippen molar-refractivity contribution < 1.29 is 4.74 Å². The Labute approximate surface area is 120 Å². The summed E-state index contributed by atoms with van der Waals surface area (Å²) in [5.41, 5.74) is 4.07. The summed E-state index contributed by atoms with van der Waals surface area (Å²) in [4.78, 5) is 4.57. The molecule has 0 radical (unpaired) electrons. The zero-order valence-electron chi connectivity index (χ0n) is 13.0.